The Morgan fingerprint density at radius 3 is 2.26 bits per heavy atom. The maximum Gasteiger partial charge on any atom is 0.242 e. The summed E-state index contributed by atoms with van der Waals surface area (Å²) in [5.41, 5.74) is 1.81. The molecule has 0 aliphatic carbocycles. The number of nitrogens with one attached hydrogen (secondary N) is 1. The van der Waals surface area contributed by atoms with Crippen LogP contribution in [0.2, 0.25) is 10.0 Å². The Morgan fingerprint density at radius 1 is 1.03 bits per heavy atom. The predicted octanol–water partition coefficient (Wildman–Crippen LogP) is 5.81. The minimum absolute atomic E-state index is 0.0800. The van der Waals surface area contributed by atoms with Gasteiger partial charge < -0.3 is 10.2 Å². The van der Waals surface area contributed by atoms with Gasteiger partial charge in [0.05, 0.1) is 5.75 Å². The number of thioether (sulfide) groups is 1. The first-order valence-electron chi connectivity index (χ1n) is 10.4. The Labute approximate surface area is 199 Å². The number of benzene rings is 2. The van der Waals surface area contributed by atoms with Crippen molar-refractivity contribution in [3.05, 3.63) is 69.7 Å². The molecule has 4 nitrogen and oxygen atoms in total. The molecule has 0 heterocycles. The molecule has 0 spiro atoms. The van der Waals surface area contributed by atoms with E-state index in [0.717, 1.165) is 11.1 Å². The van der Waals surface area contributed by atoms with E-state index in [1.807, 2.05) is 51.1 Å². The van der Waals surface area contributed by atoms with Crippen molar-refractivity contribution in [1.82, 2.24) is 10.2 Å². The van der Waals surface area contributed by atoms with Gasteiger partial charge in [-0.15, -0.1) is 11.8 Å². The van der Waals surface area contributed by atoms with Crippen LogP contribution in [0.3, 0.4) is 0 Å². The van der Waals surface area contributed by atoms with E-state index < -0.39 is 6.04 Å². The molecular formula is C24H30Cl2N2O2S. The molecule has 0 radical (unpaired) electrons. The van der Waals surface area contributed by atoms with Gasteiger partial charge in [0.25, 0.3) is 0 Å². The molecule has 0 aromatic heterocycles. The second-order valence-electron chi connectivity index (χ2n) is 7.76. The fraction of sp³-hybridized carbons (Fsp3) is 0.417. The number of hydrogen-bond donors (Lipinski definition) is 1. The van der Waals surface area contributed by atoms with Crippen molar-refractivity contribution in [3.8, 4) is 0 Å². The molecule has 2 amide bonds. The van der Waals surface area contributed by atoms with Crippen molar-refractivity contribution >= 4 is 46.8 Å². The molecule has 0 aliphatic rings. The summed E-state index contributed by atoms with van der Waals surface area (Å²) in [6.45, 7) is 7.00. The lowest BCUT2D eigenvalue weighted by atomic mass is 10.1. The van der Waals surface area contributed by atoms with E-state index >= 15 is 0 Å². The van der Waals surface area contributed by atoms with Crippen LogP contribution in [0.25, 0.3) is 0 Å². The van der Waals surface area contributed by atoms with Gasteiger partial charge in [-0.3, -0.25) is 9.59 Å². The van der Waals surface area contributed by atoms with E-state index in [1.54, 1.807) is 23.1 Å². The zero-order valence-electron chi connectivity index (χ0n) is 18.2. The Hall–Kier alpha value is -1.69. The summed E-state index contributed by atoms with van der Waals surface area (Å²) in [7, 11) is 0. The molecule has 7 heteroatoms. The standard InChI is InChI=1S/C24H30Cl2N2O2S/c1-4-22(24(30)27-13-17(2)3)28(14-18-9-6-5-7-10-18)23(29)16-31-15-19-20(25)11-8-12-21(19)26/h5-12,17,22H,4,13-16H2,1-3H3,(H,27,30)/t22-/m0/s1. The Kier molecular flexibility index (Phi) is 10.7. The van der Waals surface area contributed by atoms with Crippen LogP contribution in [-0.4, -0.2) is 35.1 Å². The number of carbonyl (C=O) groups excluding carboxylic acids is 2. The van der Waals surface area contributed by atoms with E-state index in [9.17, 15) is 9.59 Å². The van der Waals surface area contributed by atoms with E-state index in [2.05, 4.69) is 5.32 Å². The summed E-state index contributed by atoms with van der Waals surface area (Å²) in [6, 6.07) is 14.6. The molecule has 168 valence electrons. The number of rotatable bonds is 11. The topological polar surface area (TPSA) is 49.4 Å². The third-order valence-electron chi connectivity index (χ3n) is 4.80. The number of amides is 2. The highest BCUT2D eigenvalue weighted by Crippen LogP contribution is 2.28. The first-order valence-corrected chi connectivity index (χ1v) is 12.4. The fourth-order valence-corrected chi connectivity index (χ4v) is 4.76. The van der Waals surface area contributed by atoms with Crippen molar-refractivity contribution in [2.24, 2.45) is 5.92 Å². The van der Waals surface area contributed by atoms with Crippen molar-refractivity contribution in [1.29, 1.82) is 0 Å². The molecule has 0 saturated heterocycles. The van der Waals surface area contributed by atoms with Gasteiger partial charge in [-0.25, -0.2) is 0 Å². The molecule has 0 unspecified atom stereocenters. The van der Waals surface area contributed by atoms with Gasteiger partial charge in [0.15, 0.2) is 0 Å². The highest BCUT2D eigenvalue weighted by molar-refractivity contribution is 7.99. The van der Waals surface area contributed by atoms with Gasteiger partial charge in [-0.2, -0.15) is 0 Å². The van der Waals surface area contributed by atoms with Gasteiger partial charge in [0.2, 0.25) is 11.8 Å². The van der Waals surface area contributed by atoms with Crippen LogP contribution in [0.5, 0.6) is 0 Å². The van der Waals surface area contributed by atoms with Gasteiger partial charge >= 0.3 is 0 Å². The largest absolute Gasteiger partial charge is 0.354 e. The second-order valence-corrected chi connectivity index (χ2v) is 9.56. The minimum Gasteiger partial charge on any atom is -0.354 e. The summed E-state index contributed by atoms with van der Waals surface area (Å²) in [4.78, 5) is 27.7. The second kappa shape index (κ2) is 13.0. The van der Waals surface area contributed by atoms with Gasteiger partial charge in [0, 0.05) is 28.9 Å². The van der Waals surface area contributed by atoms with Crippen LogP contribution >= 0.6 is 35.0 Å². The highest BCUT2D eigenvalue weighted by atomic mass is 35.5. The molecule has 2 aromatic rings. The van der Waals surface area contributed by atoms with E-state index in [1.165, 1.54) is 11.8 Å². The SMILES string of the molecule is CC[C@@H](C(=O)NCC(C)C)N(Cc1ccccc1)C(=O)CSCc1c(Cl)cccc1Cl. The number of halogens is 2. The number of nitrogens with zero attached hydrogens (tertiary/aromatic N) is 1. The third-order valence-corrected chi connectivity index (χ3v) is 6.45. The number of hydrogen-bond acceptors (Lipinski definition) is 3. The zero-order valence-corrected chi connectivity index (χ0v) is 20.6. The molecule has 1 atom stereocenters. The number of carbonyl (C=O) groups is 2. The summed E-state index contributed by atoms with van der Waals surface area (Å²) < 4.78 is 0. The molecule has 1 N–H and O–H groups in total. The van der Waals surface area contributed by atoms with E-state index in [4.69, 9.17) is 23.2 Å². The molecule has 0 bridgehead atoms. The predicted molar refractivity (Wildman–Crippen MR) is 132 cm³/mol. The molecule has 2 rings (SSSR count). The fourth-order valence-electron chi connectivity index (χ4n) is 3.12. The molecule has 0 fully saturated rings. The van der Waals surface area contributed by atoms with Gasteiger partial charge in [-0.05, 0) is 35.6 Å². The highest BCUT2D eigenvalue weighted by Gasteiger charge is 2.28. The van der Waals surface area contributed by atoms with Crippen LogP contribution in [-0.2, 0) is 21.9 Å². The smallest absolute Gasteiger partial charge is 0.242 e. The maximum atomic E-state index is 13.2. The van der Waals surface area contributed by atoms with Crippen molar-refractivity contribution in [3.63, 3.8) is 0 Å². The van der Waals surface area contributed by atoms with Crippen LogP contribution in [0.4, 0.5) is 0 Å². The lowest BCUT2D eigenvalue weighted by Crippen LogP contribution is -2.50. The first kappa shape index (κ1) is 25.6. The Balaban J connectivity index is 2.12. The monoisotopic (exact) mass is 480 g/mol. The summed E-state index contributed by atoms with van der Waals surface area (Å²) >= 11 is 13.9. The lowest BCUT2D eigenvalue weighted by Gasteiger charge is -2.31. The van der Waals surface area contributed by atoms with Crippen molar-refractivity contribution < 1.29 is 9.59 Å². The van der Waals surface area contributed by atoms with Crippen LogP contribution in [0.1, 0.15) is 38.3 Å². The Bertz CT molecular complexity index is 842. The maximum absolute atomic E-state index is 13.2. The molecular weight excluding hydrogens is 451 g/mol. The van der Waals surface area contributed by atoms with E-state index in [-0.39, 0.29) is 17.6 Å². The van der Waals surface area contributed by atoms with Gasteiger partial charge in [-0.1, -0.05) is 80.4 Å². The molecule has 31 heavy (non-hydrogen) atoms. The summed E-state index contributed by atoms with van der Waals surface area (Å²) in [5, 5.41) is 4.16. The lowest BCUT2D eigenvalue weighted by molar-refractivity contribution is -0.139. The van der Waals surface area contributed by atoms with E-state index in [0.29, 0.717) is 41.2 Å². The molecule has 0 saturated carbocycles. The van der Waals surface area contributed by atoms with Crippen LogP contribution in [0, 0.1) is 5.92 Å². The zero-order chi connectivity index (χ0) is 22.8. The average molecular weight is 481 g/mol. The minimum atomic E-state index is -0.518. The van der Waals surface area contributed by atoms with Gasteiger partial charge in [0.1, 0.15) is 6.04 Å². The third kappa shape index (κ3) is 8.06. The first-order chi connectivity index (χ1) is 14.8. The molecule has 0 aliphatic heterocycles. The Morgan fingerprint density at radius 2 is 1.68 bits per heavy atom. The van der Waals surface area contributed by atoms with Crippen molar-refractivity contribution in [2.45, 2.75) is 45.5 Å². The summed E-state index contributed by atoms with van der Waals surface area (Å²) in [6.07, 6.45) is 0.545. The van der Waals surface area contributed by atoms with Crippen LogP contribution in [0.15, 0.2) is 48.5 Å². The average Bonchev–Trinajstić information content (AvgIpc) is 2.74. The normalized spacial score (nSPS) is 11.9. The molecule has 2 aromatic carbocycles. The summed E-state index contributed by atoms with van der Waals surface area (Å²) in [5.74, 6) is 0.918. The van der Waals surface area contributed by atoms with Crippen molar-refractivity contribution in [2.75, 3.05) is 12.3 Å². The quantitative estimate of drug-likeness (QED) is 0.441. The van der Waals surface area contributed by atoms with Crippen LogP contribution < -0.4 is 5.32 Å².